The highest BCUT2D eigenvalue weighted by Gasteiger charge is 2.42. The summed E-state index contributed by atoms with van der Waals surface area (Å²) in [6.45, 7) is 0. The summed E-state index contributed by atoms with van der Waals surface area (Å²) in [6.07, 6.45) is -4.03. The third kappa shape index (κ3) is 4.81. The van der Waals surface area contributed by atoms with Crippen LogP contribution >= 0.6 is 11.6 Å². The van der Waals surface area contributed by atoms with E-state index in [-0.39, 0.29) is 45.9 Å². The Bertz CT molecular complexity index is 1530. The average Bonchev–Trinajstić information content (AvgIpc) is 3.61. The highest BCUT2D eigenvalue weighted by Crippen LogP contribution is 2.41. The Hall–Kier alpha value is -3.05. The van der Waals surface area contributed by atoms with Crippen molar-refractivity contribution in [2.75, 3.05) is 0 Å². The van der Waals surface area contributed by atoms with E-state index in [2.05, 4.69) is 4.72 Å². The SMILES string of the molecule is O=c1cc(-c2ccc(C(F)(F)F)cc2O[C@H]2C[C@H](C(=O)NS(=O)(=O)C3CC3)C2)oc2c(Cl)cccc12. The van der Waals surface area contributed by atoms with Gasteiger partial charge in [-0.3, -0.25) is 14.3 Å². The van der Waals surface area contributed by atoms with Crippen molar-refractivity contribution < 1.29 is 35.5 Å². The molecule has 12 heteroatoms. The lowest BCUT2D eigenvalue weighted by Crippen LogP contribution is -2.46. The number of halogens is 4. The van der Waals surface area contributed by atoms with Crippen LogP contribution in [0.1, 0.15) is 31.2 Å². The van der Waals surface area contributed by atoms with E-state index < -0.39 is 50.4 Å². The lowest BCUT2D eigenvalue weighted by molar-refractivity contribution is -0.137. The van der Waals surface area contributed by atoms with Crippen molar-refractivity contribution in [2.24, 2.45) is 5.92 Å². The molecule has 0 radical (unpaired) electrons. The molecule has 0 unspecified atom stereocenters. The molecule has 0 saturated heterocycles. The quantitative estimate of drug-likeness (QED) is 0.476. The molecule has 1 heterocycles. The fourth-order valence-electron chi connectivity index (χ4n) is 4.02. The topological polar surface area (TPSA) is 103 Å². The predicted molar refractivity (Wildman–Crippen MR) is 125 cm³/mol. The summed E-state index contributed by atoms with van der Waals surface area (Å²) in [7, 11) is -3.69. The minimum atomic E-state index is -4.65. The Kier molecular flexibility index (Phi) is 6.03. The Balaban J connectivity index is 1.42. The molecule has 190 valence electrons. The van der Waals surface area contributed by atoms with Crippen molar-refractivity contribution in [3.63, 3.8) is 0 Å². The van der Waals surface area contributed by atoms with E-state index in [0.717, 1.165) is 24.3 Å². The van der Waals surface area contributed by atoms with E-state index >= 15 is 0 Å². The van der Waals surface area contributed by atoms with Crippen LogP contribution in [-0.2, 0) is 21.0 Å². The van der Waals surface area contributed by atoms with Crippen LogP contribution in [-0.4, -0.2) is 25.7 Å². The number of carbonyl (C=O) groups excluding carboxylic acids is 1. The van der Waals surface area contributed by atoms with Crippen LogP contribution in [0.15, 0.2) is 51.7 Å². The number of sulfonamides is 1. The number of hydrogen-bond acceptors (Lipinski definition) is 6. The van der Waals surface area contributed by atoms with Crippen LogP contribution in [0.2, 0.25) is 5.02 Å². The third-order valence-electron chi connectivity index (χ3n) is 6.25. The summed E-state index contributed by atoms with van der Waals surface area (Å²) < 4.78 is 77.8. The summed E-state index contributed by atoms with van der Waals surface area (Å²) in [6, 6.07) is 8.55. The maximum absolute atomic E-state index is 13.4. The van der Waals surface area contributed by atoms with Gasteiger partial charge in [-0.2, -0.15) is 13.2 Å². The van der Waals surface area contributed by atoms with Crippen molar-refractivity contribution in [2.45, 2.75) is 43.2 Å². The summed E-state index contributed by atoms with van der Waals surface area (Å²) >= 11 is 6.15. The Morgan fingerprint density at radius 1 is 1.11 bits per heavy atom. The van der Waals surface area contributed by atoms with Crippen molar-refractivity contribution in [1.29, 1.82) is 0 Å². The molecular formula is C24H19ClF3NO6S. The van der Waals surface area contributed by atoms with Gasteiger partial charge in [0.05, 0.1) is 26.8 Å². The molecule has 1 aromatic heterocycles. The smallest absolute Gasteiger partial charge is 0.416 e. The van der Waals surface area contributed by atoms with Crippen LogP contribution in [0.5, 0.6) is 5.75 Å². The van der Waals surface area contributed by atoms with Crippen LogP contribution in [0, 0.1) is 5.92 Å². The number of ether oxygens (including phenoxy) is 1. The molecule has 2 aromatic carbocycles. The zero-order valence-corrected chi connectivity index (χ0v) is 20.0. The lowest BCUT2D eigenvalue weighted by atomic mass is 9.82. The van der Waals surface area contributed by atoms with E-state index in [1.165, 1.54) is 12.1 Å². The number of alkyl halides is 3. The molecule has 7 nitrogen and oxygen atoms in total. The van der Waals surface area contributed by atoms with Gasteiger partial charge < -0.3 is 9.15 Å². The summed E-state index contributed by atoms with van der Waals surface area (Å²) in [4.78, 5) is 24.9. The molecular weight excluding hydrogens is 523 g/mol. The summed E-state index contributed by atoms with van der Waals surface area (Å²) in [5, 5.41) is -0.171. The molecule has 1 N–H and O–H groups in total. The van der Waals surface area contributed by atoms with Crippen molar-refractivity contribution >= 4 is 38.5 Å². The fourth-order valence-corrected chi connectivity index (χ4v) is 5.60. The first kappa shape index (κ1) is 24.6. The van der Waals surface area contributed by atoms with Gasteiger partial charge in [0, 0.05) is 12.0 Å². The summed E-state index contributed by atoms with van der Waals surface area (Å²) in [5.74, 6) is -1.52. The average molecular weight is 542 g/mol. The van der Waals surface area contributed by atoms with Gasteiger partial charge in [-0.25, -0.2) is 8.42 Å². The highest BCUT2D eigenvalue weighted by atomic mass is 35.5. The lowest BCUT2D eigenvalue weighted by Gasteiger charge is -2.34. The van der Waals surface area contributed by atoms with E-state index in [1.807, 2.05) is 0 Å². The molecule has 0 atom stereocenters. The van der Waals surface area contributed by atoms with E-state index in [0.29, 0.717) is 12.8 Å². The number of hydrogen-bond donors (Lipinski definition) is 1. The Labute approximate surface area is 208 Å². The molecule has 0 bridgehead atoms. The largest absolute Gasteiger partial charge is 0.490 e. The summed E-state index contributed by atoms with van der Waals surface area (Å²) in [5.41, 5.74) is -1.21. The van der Waals surface area contributed by atoms with Crippen LogP contribution in [0.3, 0.4) is 0 Å². The molecule has 2 saturated carbocycles. The van der Waals surface area contributed by atoms with E-state index in [1.54, 1.807) is 6.07 Å². The second-order valence-electron chi connectivity index (χ2n) is 8.92. The molecule has 2 aliphatic rings. The first-order valence-electron chi connectivity index (χ1n) is 11.1. The van der Waals surface area contributed by atoms with Gasteiger partial charge >= 0.3 is 6.18 Å². The third-order valence-corrected chi connectivity index (χ3v) is 8.38. The van der Waals surface area contributed by atoms with Crippen LogP contribution in [0.25, 0.3) is 22.3 Å². The van der Waals surface area contributed by atoms with Gasteiger partial charge in [0.2, 0.25) is 15.9 Å². The van der Waals surface area contributed by atoms with Crippen molar-refractivity contribution in [3.05, 3.63) is 63.3 Å². The monoisotopic (exact) mass is 541 g/mol. The van der Waals surface area contributed by atoms with E-state index in [4.69, 9.17) is 20.8 Å². The number of amides is 1. The molecule has 5 rings (SSSR count). The molecule has 2 aliphatic carbocycles. The van der Waals surface area contributed by atoms with Crippen LogP contribution in [0.4, 0.5) is 13.2 Å². The molecule has 36 heavy (non-hydrogen) atoms. The van der Waals surface area contributed by atoms with Gasteiger partial charge in [-0.1, -0.05) is 17.7 Å². The molecule has 0 aliphatic heterocycles. The second kappa shape index (κ2) is 8.81. The Morgan fingerprint density at radius 2 is 1.83 bits per heavy atom. The van der Waals surface area contributed by atoms with Crippen molar-refractivity contribution in [3.8, 4) is 17.1 Å². The second-order valence-corrected chi connectivity index (χ2v) is 11.3. The number of benzene rings is 2. The minimum Gasteiger partial charge on any atom is -0.490 e. The predicted octanol–water partition coefficient (Wildman–Crippen LogP) is 4.90. The number of nitrogens with one attached hydrogen (secondary N) is 1. The number of rotatable bonds is 6. The van der Waals surface area contributed by atoms with Crippen LogP contribution < -0.4 is 14.9 Å². The Morgan fingerprint density at radius 3 is 2.50 bits per heavy atom. The molecule has 3 aromatic rings. The molecule has 2 fully saturated rings. The molecule has 0 spiro atoms. The first-order chi connectivity index (χ1) is 16.9. The fraction of sp³-hybridized carbons (Fsp3) is 0.333. The maximum Gasteiger partial charge on any atom is 0.416 e. The maximum atomic E-state index is 13.4. The van der Waals surface area contributed by atoms with Gasteiger partial charge in [-0.15, -0.1) is 0 Å². The van der Waals surface area contributed by atoms with E-state index in [9.17, 15) is 31.2 Å². The zero-order valence-electron chi connectivity index (χ0n) is 18.5. The number of carbonyl (C=O) groups is 1. The number of fused-ring (bicyclic) bond motifs is 1. The van der Waals surface area contributed by atoms with Crippen molar-refractivity contribution in [1.82, 2.24) is 4.72 Å². The van der Waals surface area contributed by atoms with Gasteiger partial charge in [0.25, 0.3) is 0 Å². The standard InChI is InChI=1S/C24H19ClF3NO6S/c25-18-3-1-2-16-19(30)11-21(35-22(16)18)17-7-4-13(24(26,27)28)10-20(17)34-14-8-12(9-14)23(31)29-36(32,33)15-5-6-15/h1-4,7,10-12,14-15H,5-6,8-9H2,(H,29,31)/t12-,14-. The van der Waals surface area contributed by atoms with Gasteiger partial charge in [0.15, 0.2) is 11.0 Å². The zero-order chi connectivity index (χ0) is 25.8. The minimum absolute atomic E-state index is 0.0338. The van der Waals surface area contributed by atoms with Gasteiger partial charge in [0.1, 0.15) is 17.6 Å². The molecule has 1 amide bonds. The van der Waals surface area contributed by atoms with Gasteiger partial charge in [-0.05, 0) is 56.0 Å². The normalized spacial score (nSPS) is 20.1. The highest BCUT2D eigenvalue weighted by molar-refractivity contribution is 7.90. The number of para-hydroxylation sites is 1. The first-order valence-corrected chi connectivity index (χ1v) is 13.0.